The predicted molar refractivity (Wildman–Crippen MR) is 548 cm³/mol. The van der Waals surface area contributed by atoms with Crippen molar-refractivity contribution < 1.29 is 77.1 Å². The van der Waals surface area contributed by atoms with E-state index in [2.05, 4.69) is 118 Å². The normalized spacial score (nSPS) is 14.1. The Morgan fingerprint density at radius 1 is 0.462 bits per heavy atom. The average Bonchev–Trinajstić information content (AvgIpc) is 1.74. The molecule has 5 aliphatic rings. The minimum Gasteiger partial charge on any atom is -0.454 e. The molecule has 734 valence electrons. The first-order valence-electron chi connectivity index (χ1n) is 44.2. The van der Waals surface area contributed by atoms with Gasteiger partial charge in [0.25, 0.3) is 11.8 Å². The van der Waals surface area contributed by atoms with Crippen LogP contribution in [0.3, 0.4) is 0 Å². The quantitative estimate of drug-likeness (QED) is 0.0224. The highest BCUT2D eigenvalue weighted by Gasteiger charge is 2.31. The van der Waals surface area contributed by atoms with Gasteiger partial charge in [0.15, 0.2) is 77.5 Å². The Morgan fingerprint density at radius 2 is 0.839 bits per heavy atom. The van der Waals surface area contributed by atoms with E-state index in [9.17, 15) is 44.1 Å². The van der Waals surface area contributed by atoms with Crippen molar-refractivity contribution in [1.82, 2.24) is 75.4 Å². The number of piperidine rings is 2. The number of aromatic amines is 1. The van der Waals surface area contributed by atoms with Crippen LogP contribution in [-0.4, -0.2) is 181 Å². The highest BCUT2D eigenvalue weighted by molar-refractivity contribution is 9.10. The zero-order valence-electron chi connectivity index (χ0n) is 75.4. The number of nitrogens with one attached hydrogen (secondary N) is 8. The van der Waals surface area contributed by atoms with Crippen molar-refractivity contribution in [2.75, 3.05) is 91.2 Å². The van der Waals surface area contributed by atoms with Gasteiger partial charge in [0.2, 0.25) is 50.3 Å². The molecule has 6 amide bonds. The van der Waals surface area contributed by atoms with Gasteiger partial charge >= 0.3 is 0 Å². The number of aliphatic hydroxyl groups excluding tert-OH is 3. The first kappa shape index (κ1) is 102. The number of halogens is 3. The van der Waals surface area contributed by atoms with Crippen LogP contribution in [0.5, 0.6) is 34.5 Å². The summed E-state index contributed by atoms with van der Waals surface area (Å²) in [7, 11) is 0. The van der Waals surface area contributed by atoms with Crippen molar-refractivity contribution in [3.05, 3.63) is 266 Å². The molecule has 0 bridgehead atoms. The van der Waals surface area contributed by atoms with Crippen LogP contribution in [0.2, 0.25) is 10.0 Å². The SMILES string of the molecule is N[C@H](C[n+]1cc[nH]c1)C(=O)Nc1nc(-c2ccncc2)cs1.O=C(Cc1cc2c(cc1Cl)OCO2)N(CCCO)c1nc(-c2ccncc2)cs1.O=C(Nc1nc(-c2ccncc2)cs1)C(O)c1cc2c(cc1Br)OCO2.O=C(Nc1nc(-c2ccncc2)cs1)C(O)c1cc2c(cc1Cl)OCO2.O=C(Nc1nc(-c2ccncc2)cs1)C1CCCNC1.O=C(Nc1nc(-c2ccncc2)cs1)C1CCNCC1. The monoisotopic (exact) mass is 2140 g/mol. The number of hydrogen-bond donors (Lipinski definition) is 12. The van der Waals surface area contributed by atoms with Crippen LogP contribution >= 0.6 is 107 Å². The highest BCUT2D eigenvalue weighted by atomic mass is 79.9. The zero-order chi connectivity index (χ0) is 99.3. The lowest BCUT2D eigenvalue weighted by atomic mass is 9.97. The Labute approximate surface area is 859 Å². The largest absolute Gasteiger partial charge is 0.454 e. The number of benzene rings is 3. The molecule has 13 aromatic heterocycles. The van der Waals surface area contributed by atoms with Crippen LogP contribution in [-0.2, 0) is 41.7 Å². The van der Waals surface area contributed by atoms with E-state index in [-0.39, 0.29) is 79.5 Å². The van der Waals surface area contributed by atoms with E-state index in [0.29, 0.717) is 111 Å². The minimum absolute atomic E-state index is 0.0167. The molecule has 4 atom stereocenters. The molecule has 2 saturated heterocycles. The van der Waals surface area contributed by atoms with Gasteiger partial charge in [-0.25, -0.2) is 34.5 Å². The molecule has 2 fully saturated rings. The first-order valence-corrected chi connectivity index (χ1v) is 51.0. The number of pyridine rings is 6. The molecular weight excluding hydrogens is 2060 g/mol. The van der Waals surface area contributed by atoms with Crippen LogP contribution in [0, 0.1) is 11.8 Å². The maximum atomic E-state index is 13.1. The summed E-state index contributed by atoms with van der Waals surface area (Å²) in [4.78, 5) is 129. The van der Waals surface area contributed by atoms with Gasteiger partial charge < -0.3 is 76.1 Å². The van der Waals surface area contributed by atoms with Crippen LogP contribution < -0.4 is 80.8 Å². The third-order valence-electron chi connectivity index (χ3n) is 21.8. The number of rotatable bonds is 26. The lowest BCUT2D eigenvalue weighted by molar-refractivity contribution is -0.695. The van der Waals surface area contributed by atoms with Gasteiger partial charge in [-0.2, -0.15) is 0 Å². The second-order valence-corrected chi connectivity index (χ2v) is 38.2. The van der Waals surface area contributed by atoms with E-state index < -0.39 is 30.1 Å². The lowest BCUT2D eigenvalue weighted by Crippen LogP contribution is -2.48. The van der Waals surface area contributed by atoms with Gasteiger partial charge in [0.05, 0.1) is 51.5 Å². The molecule has 3 unspecified atom stereocenters. The zero-order valence-corrected chi connectivity index (χ0v) is 83.4. The van der Waals surface area contributed by atoms with Gasteiger partial charge in [-0.1, -0.05) is 39.1 Å². The Morgan fingerprint density at radius 3 is 1.26 bits per heavy atom. The molecule has 21 rings (SSSR count). The Bertz CT molecular complexity index is 6680. The summed E-state index contributed by atoms with van der Waals surface area (Å²) in [5.74, 6) is 1.79. The van der Waals surface area contributed by atoms with Crippen LogP contribution in [0.15, 0.2) is 239 Å². The molecular formula is C96H89BrCl2N23O15S6+. The van der Waals surface area contributed by atoms with Crippen LogP contribution in [0.25, 0.3) is 67.5 Å². The number of aromatic nitrogens is 14. The lowest BCUT2D eigenvalue weighted by Gasteiger charge is -2.21. The van der Waals surface area contributed by atoms with E-state index in [1.165, 1.54) is 80.2 Å². The number of thiazole rings is 6. The van der Waals surface area contributed by atoms with E-state index in [1.54, 1.807) is 116 Å². The minimum atomic E-state index is -1.47. The van der Waals surface area contributed by atoms with Gasteiger partial charge in [-0.3, -0.25) is 79.2 Å². The Balaban J connectivity index is 0.000000124. The number of imidazole rings is 1. The molecule has 13 N–H and O–H groups in total. The molecule has 0 radical (unpaired) electrons. The molecule has 16 aromatic rings. The number of nitrogens with two attached hydrogens (primary N) is 1. The van der Waals surface area contributed by atoms with Crippen LogP contribution in [0.1, 0.15) is 61.0 Å². The standard InChI is InChI=1S/C20H18ClN3O4S.C17H12BrN3O4S.C17H12ClN3O4S.C14H14N6OS.2C14H16N4OS/c21-15-10-18-17(27-12-28-18)8-14(15)9-19(26)24(6-1-7-25)20-23-16(11-29-20)13-2-4-22-5-3-13;2*18-11-6-14-13(24-8-25-14)5-10(11)15(22)16(23)21-17-20-12(7-26-17)9-1-3-19-4-2-9;15-11(7-20-6-5-17-9-20)13(21)19-14-18-12(8-22-14)10-1-3-16-4-2-10;19-13(11-3-7-16-8-4-11)18-14-17-12(9-20-14)10-1-5-15-6-2-10;19-13(11-2-1-5-16-8-11)18-14-17-12(9-20-14)10-3-6-15-7-4-10/h2-5,8,10-11,25H,1,6-7,9,12H2;2*1-7,15,22H,8H2,(H,20,21,23);1-6,8-9,11H,7,15H2,(H,18,19,21);1-2,5-6,9,11,16H,3-4,7-8H2,(H,17,18,19);3-4,6-7,9,11,16H,1-2,5,8H2,(H,17,18,19)/p+1/t;;;11-;;/m...1../s1. The number of aliphatic hydroxyl groups is 3. The molecule has 47 heteroatoms. The predicted octanol–water partition coefficient (Wildman–Crippen LogP) is 15.2. The van der Waals surface area contributed by atoms with Crippen LogP contribution in [0.4, 0.5) is 30.8 Å². The van der Waals surface area contributed by atoms with E-state index >= 15 is 0 Å². The van der Waals surface area contributed by atoms with Crippen molar-refractivity contribution >= 4 is 173 Å². The molecule has 0 aliphatic carbocycles. The topological polar surface area (TPSA) is 506 Å². The van der Waals surface area contributed by atoms with E-state index in [1.807, 2.05) is 116 Å². The van der Waals surface area contributed by atoms with Crippen molar-refractivity contribution in [3.63, 3.8) is 0 Å². The number of carbonyl (C=O) groups excluding carboxylic acids is 6. The summed E-state index contributed by atoms with van der Waals surface area (Å²) >= 11 is 24.0. The molecule has 3 aromatic carbocycles. The summed E-state index contributed by atoms with van der Waals surface area (Å²) in [5, 5.41) is 65.6. The number of ether oxygens (including phenoxy) is 6. The number of amides is 6. The van der Waals surface area contributed by atoms with Crippen molar-refractivity contribution in [2.45, 2.75) is 63.3 Å². The number of hydrogen-bond acceptors (Lipinski definition) is 36. The second-order valence-electron chi connectivity index (χ2n) is 31.4. The van der Waals surface area contributed by atoms with Crippen molar-refractivity contribution in [1.29, 1.82) is 0 Å². The number of fused-ring (bicyclic) bond motifs is 3. The van der Waals surface area contributed by atoms with Gasteiger partial charge in [-0.05, 0) is 154 Å². The highest BCUT2D eigenvalue weighted by Crippen LogP contribution is 2.43. The third kappa shape index (κ3) is 28.1. The summed E-state index contributed by atoms with van der Waals surface area (Å²) in [6.45, 7) is 4.68. The third-order valence-corrected chi connectivity index (χ3v) is 27.8. The maximum absolute atomic E-state index is 13.1. The number of H-pyrrole nitrogens is 1. The Kier molecular flexibility index (Phi) is 36.1. The van der Waals surface area contributed by atoms with Crippen molar-refractivity contribution in [2.24, 2.45) is 17.6 Å². The molecule has 143 heavy (non-hydrogen) atoms. The maximum Gasteiger partial charge on any atom is 0.259 e. The summed E-state index contributed by atoms with van der Waals surface area (Å²) in [6, 6.07) is 31.4. The fourth-order valence-electron chi connectivity index (χ4n) is 14.3. The smallest absolute Gasteiger partial charge is 0.259 e. The fraction of sp³-hybridized carbons (Fsp3) is 0.219. The molecule has 0 spiro atoms. The number of nitrogens with zero attached hydrogens (tertiary/aromatic N) is 14. The number of anilines is 6. The molecule has 0 saturated carbocycles. The van der Waals surface area contributed by atoms with Gasteiger partial charge in [-0.15, -0.1) is 68.0 Å². The summed E-state index contributed by atoms with van der Waals surface area (Å²) in [5.41, 5.74) is 17.6. The van der Waals surface area contributed by atoms with Gasteiger partial charge in [0, 0.05) is 198 Å². The summed E-state index contributed by atoms with van der Waals surface area (Å²) in [6.07, 6.45) is 27.3. The average molecular weight is 2150 g/mol. The Hall–Kier alpha value is -14.0. The first-order chi connectivity index (χ1) is 69.8. The summed E-state index contributed by atoms with van der Waals surface area (Å²) < 4.78 is 34.1. The van der Waals surface area contributed by atoms with Crippen molar-refractivity contribution in [3.8, 4) is 102 Å². The molecule has 18 heterocycles. The van der Waals surface area contributed by atoms with E-state index in [0.717, 1.165) is 114 Å². The second kappa shape index (κ2) is 50.6. The van der Waals surface area contributed by atoms with E-state index in [4.69, 9.17) is 57.4 Å². The number of carbonyl (C=O) groups is 6. The molecule has 5 aliphatic heterocycles. The van der Waals surface area contributed by atoms with Gasteiger partial charge in [0.1, 0.15) is 25.0 Å². The fourth-order valence-corrected chi connectivity index (χ4v) is 19.8. The molecule has 38 nitrogen and oxygen atoms in total.